The number of thiazole rings is 1. The Morgan fingerprint density at radius 2 is 1.96 bits per heavy atom. The third-order valence-corrected chi connectivity index (χ3v) is 3.92. The monoisotopic (exact) mass is 358 g/mol. The summed E-state index contributed by atoms with van der Waals surface area (Å²) in [4.78, 5) is 26.5. The van der Waals surface area contributed by atoms with Gasteiger partial charge in [0.1, 0.15) is 4.88 Å². The number of benzene rings is 1. The van der Waals surface area contributed by atoms with Crippen LogP contribution in [-0.2, 0) is 10.9 Å². The highest BCUT2D eigenvalue weighted by atomic mass is 32.1. The number of alkyl halides is 3. The molecule has 128 valence electrons. The maximum atomic E-state index is 13.0. The number of halogens is 3. The summed E-state index contributed by atoms with van der Waals surface area (Å²) in [6, 6.07) is 6.60. The number of nitrogens with one attached hydrogen (secondary N) is 1. The van der Waals surface area contributed by atoms with Crippen LogP contribution in [0, 0.1) is 6.92 Å². The smallest absolute Gasteiger partial charge is 0.435 e. The average Bonchev–Trinajstić information content (AvgIpc) is 2.92. The predicted octanol–water partition coefficient (Wildman–Crippen LogP) is 3.90. The van der Waals surface area contributed by atoms with E-state index in [1.54, 1.807) is 25.1 Å². The first-order valence-electron chi connectivity index (χ1n) is 6.86. The summed E-state index contributed by atoms with van der Waals surface area (Å²) < 4.78 is 43.6. The molecule has 2 rings (SSSR count). The first kappa shape index (κ1) is 17.9. The van der Waals surface area contributed by atoms with Gasteiger partial charge in [-0.05, 0) is 25.5 Å². The Morgan fingerprint density at radius 3 is 2.54 bits per heavy atom. The molecule has 1 amide bonds. The molecule has 9 heteroatoms. The normalized spacial score (nSPS) is 11.2. The molecule has 24 heavy (non-hydrogen) atoms. The number of rotatable bonds is 4. The molecule has 0 atom stereocenters. The summed E-state index contributed by atoms with van der Waals surface area (Å²) in [5.41, 5.74) is -0.404. The quantitative estimate of drug-likeness (QED) is 0.842. The first-order chi connectivity index (χ1) is 11.2. The number of anilines is 1. The summed E-state index contributed by atoms with van der Waals surface area (Å²) in [5, 5.41) is 1.97. The molecule has 0 saturated carbocycles. The molecule has 0 aliphatic carbocycles. The molecule has 0 radical (unpaired) electrons. The van der Waals surface area contributed by atoms with Gasteiger partial charge >= 0.3 is 12.1 Å². The Labute approximate surface area is 139 Å². The summed E-state index contributed by atoms with van der Waals surface area (Å²) in [6.45, 7) is 3.11. The van der Waals surface area contributed by atoms with Gasteiger partial charge in [-0.15, -0.1) is 0 Å². The van der Waals surface area contributed by atoms with E-state index >= 15 is 0 Å². The van der Waals surface area contributed by atoms with Crippen LogP contribution in [0.1, 0.15) is 38.2 Å². The Hall–Kier alpha value is -2.42. The summed E-state index contributed by atoms with van der Waals surface area (Å²) in [7, 11) is 0. The Kier molecular flexibility index (Phi) is 5.23. The van der Waals surface area contributed by atoms with Gasteiger partial charge < -0.3 is 4.74 Å². The molecule has 1 heterocycles. The minimum absolute atomic E-state index is 0.0705. The van der Waals surface area contributed by atoms with E-state index in [9.17, 15) is 22.8 Å². The second-order valence-electron chi connectivity index (χ2n) is 4.68. The van der Waals surface area contributed by atoms with Crippen molar-refractivity contribution in [2.24, 2.45) is 0 Å². The van der Waals surface area contributed by atoms with Crippen molar-refractivity contribution < 1.29 is 27.5 Å². The van der Waals surface area contributed by atoms with Gasteiger partial charge in [0.2, 0.25) is 0 Å². The molecule has 1 aromatic carbocycles. The van der Waals surface area contributed by atoms with Gasteiger partial charge in [0, 0.05) is 5.56 Å². The molecule has 0 saturated heterocycles. The Morgan fingerprint density at radius 1 is 1.29 bits per heavy atom. The number of esters is 1. The standard InChI is InChI=1S/C15H13F3N2O3S/c1-3-23-13(22)10-11(15(16,17)18)19-14(24-10)20-12(21)9-7-5-4-6-8(9)2/h4-7H,3H2,1-2H3,(H,19,20,21). The van der Waals surface area contributed by atoms with E-state index in [1.165, 1.54) is 13.0 Å². The van der Waals surface area contributed by atoms with Gasteiger partial charge in [-0.25, -0.2) is 9.78 Å². The van der Waals surface area contributed by atoms with Crippen molar-refractivity contribution in [1.29, 1.82) is 0 Å². The zero-order valence-electron chi connectivity index (χ0n) is 12.7. The van der Waals surface area contributed by atoms with Gasteiger partial charge in [0.25, 0.3) is 5.91 Å². The number of aromatic nitrogens is 1. The number of carbonyl (C=O) groups excluding carboxylic acids is 2. The van der Waals surface area contributed by atoms with Crippen LogP contribution >= 0.6 is 11.3 Å². The predicted molar refractivity (Wildman–Crippen MR) is 82.2 cm³/mol. The summed E-state index contributed by atoms with van der Waals surface area (Å²) in [6.07, 6.45) is -4.83. The fourth-order valence-corrected chi connectivity index (χ4v) is 2.77. The van der Waals surface area contributed by atoms with Crippen molar-refractivity contribution in [3.05, 3.63) is 46.0 Å². The van der Waals surface area contributed by atoms with Crippen LogP contribution in [0.25, 0.3) is 0 Å². The molecule has 0 fully saturated rings. The number of amides is 1. The van der Waals surface area contributed by atoms with Crippen molar-refractivity contribution in [2.75, 3.05) is 11.9 Å². The van der Waals surface area contributed by atoms with E-state index in [1.807, 2.05) is 0 Å². The van der Waals surface area contributed by atoms with Crippen LogP contribution < -0.4 is 5.32 Å². The second kappa shape index (κ2) is 7.00. The molecule has 1 aromatic heterocycles. The summed E-state index contributed by atoms with van der Waals surface area (Å²) >= 11 is 0.426. The molecular weight excluding hydrogens is 345 g/mol. The lowest BCUT2D eigenvalue weighted by molar-refractivity contribution is -0.141. The van der Waals surface area contributed by atoms with Gasteiger partial charge in [-0.3, -0.25) is 10.1 Å². The van der Waals surface area contributed by atoms with Crippen molar-refractivity contribution in [3.8, 4) is 0 Å². The summed E-state index contributed by atoms with van der Waals surface area (Å²) in [5.74, 6) is -1.73. The highest BCUT2D eigenvalue weighted by Gasteiger charge is 2.40. The van der Waals surface area contributed by atoms with E-state index in [-0.39, 0.29) is 11.7 Å². The highest BCUT2D eigenvalue weighted by Crippen LogP contribution is 2.36. The van der Waals surface area contributed by atoms with Gasteiger partial charge in [0.05, 0.1) is 6.61 Å². The van der Waals surface area contributed by atoms with Crippen LogP contribution in [0.5, 0.6) is 0 Å². The molecule has 0 spiro atoms. The maximum Gasteiger partial charge on any atom is 0.435 e. The van der Waals surface area contributed by atoms with Gasteiger partial charge in [-0.1, -0.05) is 29.5 Å². The fourth-order valence-electron chi connectivity index (χ4n) is 1.89. The minimum Gasteiger partial charge on any atom is -0.462 e. The van der Waals surface area contributed by atoms with E-state index < -0.39 is 28.6 Å². The molecule has 0 aliphatic heterocycles. The topological polar surface area (TPSA) is 68.3 Å². The third-order valence-electron chi connectivity index (χ3n) is 2.97. The fraction of sp³-hybridized carbons (Fsp3) is 0.267. The Balaban J connectivity index is 2.33. The molecule has 0 aliphatic rings. The van der Waals surface area contributed by atoms with Crippen LogP contribution in [0.4, 0.5) is 18.3 Å². The van der Waals surface area contributed by atoms with Crippen LogP contribution in [-0.4, -0.2) is 23.5 Å². The zero-order valence-corrected chi connectivity index (χ0v) is 13.5. The van der Waals surface area contributed by atoms with E-state index in [0.29, 0.717) is 22.5 Å². The van der Waals surface area contributed by atoms with Gasteiger partial charge in [0.15, 0.2) is 10.8 Å². The zero-order chi connectivity index (χ0) is 17.9. The molecule has 0 bridgehead atoms. The van der Waals surface area contributed by atoms with Crippen LogP contribution in [0.2, 0.25) is 0 Å². The van der Waals surface area contributed by atoms with Crippen LogP contribution in [0.3, 0.4) is 0 Å². The molecular formula is C15H13F3N2O3S. The first-order valence-corrected chi connectivity index (χ1v) is 7.67. The average molecular weight is 358 g/mol. The molecule has 5 nitrogen and oxygen atoms in total. The number of ether oxygens (including phenoxy) is 1. The molecule has 1 N–H and O–H groups in total. The lowest BCUT2D eigenvalue weighted by Crippen LogP contribution is -2.15. The third kappa shape index (κ3) is 3.91. The number of nitrogens with zero attached hydrogens (tertiary/aromatic N) is 1. The van der Waals surface area contributed by atoms with Crippen molar-refractivity contribution in [3.63, 3.8) is 0 Å². The second-order valence-corrected chi connectivity index (χ2v) is 5.68. The number of aryl methyl sites for hydroxylation is 1. The molecule has 0 unspecified atom stereocenters. The SMILES string of the molecule is CCOC(=O)c1sc(NC(=O)c2ccccc2C)nc1C(F)(F)F. The molecule has 2 aromatic rings. The van der Waals surface area contributed by atoms with E-state index in [0.717, 1.165) is 0 Å². The van der Waals surface area contributed by atoms with Crippen molar-refractivity contribution in [2.45, 2.75) is 20.0 Å². The van der Waals surface area contributed by atoms with E-state index in [2.05, 4.69) is 15.0 Å². The van der Waals surface area contributed by atoms with Crippen molar-refractivity contribution in [1.82, 2.24) is 4.98 Å². The Bertz CT molecular complexity index is 772. The minimum atomic E-state index is -4.83. The van der Waals surface area contributed by atoms with E-state index in [4.69, 9.17) is 0 Å². The lowest BCUT2D eigenvalue weighted by Gasteiger charge is -2.05. The number of hydrogen-bond acceptors (Lipinski definition) is 5. The van der Waals surface area contributed by atoms with Crippen LogP contribution in [0.15, 0.2) is 24.3 Å². The van der Waals surface area contributed by atoms with Crippen molar-refractivity contribution >= 4 is 28.3 Å². The maximum absolute atomic E-state index is 13.0. The number of carbonyl (C=O) groups is 2. The highest BCUT2D eigenvalue weighted by molar-refractivity contribution is 7.17. The largest absolute Gasteiger partial charge is 0.462 e. The lowest BCUT2D eigenvalue weighted by atomic mass is 10.1. The number of hydrogen-bond donors (Lipinski definition) is 1. The van der Waals surface area contributed by atoms with Gasteiger partial charge in [-0.2, -0.15) is 13.2 Å².